The van der Waals surface area contributed by atoms with Crippen molar-refractivity contribution in [1.29, 1.82) is 0 Å². The lowest BCUT2D eigenvalue weighted by atomic mass is 10.1. The minimum atomic E-state index is -3.03. The SMILES string of the molecule is CCOP(=O)(Cc1ncsc1C(C)C)OCC. The lowest BCUT2D eigenvalue weighted by Crippen LogP contribution is -2.01. The van der Waals surface area contributed by atoms with E-state index in [-0.39, 0.29) is 6.16 Å². The van der Waals surface area contributed by atoms with Gasteiger partial charge in [0.25, 0.3) is 0 Å². The Bertz CT molecular complexity index is 382. The molecule has 0 spiro atoms. The summed E-state index contributed by atoms with van der Waals surface area (Å²) in [5, 5.41) is 0. The summed E-state index contributed by atoms with van der Waals surface area (Å²) in [6.45, 7) is 8.61. The number of hydrogen-bond donors (Lipinski definition) is 0. The molecule has 1 heterocycles. The van der Waals surface area contributed by atoms with Gasteiger partial charge in [0.1, 0.15) is 0 Å². The zero-order valence-corrected chi connectivity index (χ0v) is 12.5. The molecular weight excluding hydrogens is 257 g/mol. The normalized spacial score (nSPS) is 12.3. The van der Waals surface area contributed by atoms with Crippen molar-refractivity contribution < 1.29 is 13.6 Å². The van der Waals surface area contributed by atoms with Crippen molar-refractivity contribution in [3.05, 3.63) is 16.1 Å². The molecule has 1 rings (SSSR count). The molecule has 0 amide bonds. The third-order valence-corrected chi connectivity index (χ3v) is 5.35. The number of rotatable bonds is 7. The van der Waals surface area contributed by atoms with Gasteiger partial charge in [-0.05, 0) is 19.8 Å². The molecule has 0 aliphatic rings. The van der Waals surface area contributed by atoms with E-state index >= 15 is 0 Å². The van der Waals surface area contributed by atoms with E-state index in [2.05, 4.69) is 18.8 Å². The Hall–Kier alpha value is -0.220. The van der Waals surface area contributed by atoms with Crippen LogP contribution in [0.3, 0.4) is 0 Å². The first kappa shape index (κ1) is 14.8. The topological polar surface area (TPSA) is 48.4 Å². The average Bonchev–Trinajstić information content (AvgIpc) is 2.66. The fourth-order valence-electron chi connectivity index (χ4n) is 1.57. The quantitative estimate of drug-likeness (QED) is 0.706. The van der Waals surface area contributed by atoms with E-state index in [0.29, 0.717) is 19.1 Å². The molecule has 1 aromatic rings. The molecule has 1 aromatic heterocycles. The highest BCUT2D eigenvalue weighted by Gasteiger charge is 2.27. The monoisotopic (exact) mass is 277 g/mol. The van der Waals surface area contributed by atoms with Crippen LogP contribution in [0.25, 0.3) is 0 Å². The number of thiazole rings is 1. The fraction of sp³-hybridized carbons (Fsp3) is 0.727. The van der Waals surface area contributed by atoms with Crippen LogP contribution in [0.5, 0.6) is 0 Å². The van der Waals surface area contributed by atoms with Crippen LogP contribution in [0.2, 0.25) is 0 Å². The van der Waals surface area contributed by atoms with Gasteiger partial charge in [0.05, 0.1) is 30.6 Å². The molecule has 0 aromatic carbocycles. The molecule has 0 atom stereocenters. The smallest absolute Gasteiger partial charge is 0.309 e. The molecule has 0 bridgehead atoms. The molecule has 0 aliphatic carbocycles. The minimum absolute atomic E-state index is 0.270. The van der Waals surface area contributed by atoms with E-state index in [1.54, 1.807) is 16.8 Å². The Balaban J connectivity index is 2.86. The fourth-order valence-corrected chi connectivity index (χ4v) is 4.17. The zero-order chi connectivity index (χ0) is 12.9. The Kier molecular flexibility index (Phi) is 5.80. The standard InChI is InChI=1S/C11H20NO3PS/c1-5-14-16(13,15-6-2)7-10-11(9(3)4)17-8-12-10/h8-9H,5-7H2,1-4H3. The molecule has 17 heavy (non-hydrogen) atoms. The Morgan fingerprint density at radius 3 is 2.41 bits per heavy atom. The molecule has 0 N–H and O–H groups in total. The Morgan fingerprint density at radius 1 is 1.35 bits per heavy atom. The van der Waals surface area contributed by atoms with Crippen LogP contribution in [-0.2, 0) is 19.8 Å². The van der Waals surface area contributed by atoms with Gasteiger partial charge >= 0.3 is 7.60 Å². The minimum Gasteiger partial charge on any atom is -0.309 e. The largest absolute Gasteiger partial charge is 0.336 e. The second-order valence-electron chi connectivity index (χ2n) is 3.92. The van der Waals surface area contributed by atoms with E-state index in [1.165, 1.54) is 0 Å². The highest BCUT2D eigenvalue weighted by molar-refractivity contribution is 7.53. The van der Waals surface area contributed by atoms with E-state index in [9.17, 15) is 4.57 Å². The van der Waals surface area contributed by atoms with Crippen molar-refractivity contribution in [2.24, 2.45) is 0 Å². The van der Waals surface area contributed by atoms with Gasteiger partial charge in [-0.2, -0.15) is 0 Å². The molecule has 98 valence electrons. The highest BCUT2D eigenvalue weighted by Crippen LogP contribution is 2.52. The highest BCUT2D eigenvalue weighted by atomic mass is 32.1. The van der Waals surface area contributed by atoms with Crippen molar-refractivity contribution in [3.8, 4) is 0 Å². The van der Waals surface area contributed by atoms with Gasteiger partial charge < -0.3 is 9.05 Å². The van der Waals surface area contributed by atoms with Crippen LogP contribution >= 0.6 is 18.9 Å². The van der Waals surface area contributed by atoms with Crippen molar-refractivity contribution in [2.45, 2.75) is 39.8 Å². The Labute approximate surface area is 107 Å². The van der Waals surface area contributed by atoms with Crippen LogP contribution in [0.1, 0.15) is 44.2 Å². The second-order valence-corrected chi connectivity index (χ2v) is 6.86. The predicted molar refractivity (Wildman–Crippen MR) is 70.8 cm³/mol. The third-order valence-electron chi connectivity index (χ3n) is 2.19. The first-order valence-corrected chi connectivity index (χ1v) is 8.43. The molecule has 0 radical (unpaired) electrons. The number of nitrogens with zero attached hydrogens (tertiary/aromatic N) is 1. The summed E-state index contributed by atoms with van der Waals surface area (Å²) < 4.78 is 22.9. The van der Waals surface area contributed by atoms with E-state index in [4.69, 9.17) is 9.05 Å². The molecule has 6 heteroatoms. The van der Waals surface area contributed by atoms with Crippen LogP contribution in [0.4, 0.5) is 0 Å². The first-order chi connectivity index (χ1) is 8.02. The molecular formula is C11H20NO3PS. The van der Waals surface area contributed by atoms with Gasteiger partial charge in [0, 0.05) is 4.88 Å². The third kappa shape index (κ3) is 4.18. The predicted octanol–water partition coefficient (Wildman–Crippen LogP) is 4.03. The molecule has 0 fully saturated rings. The van der Waals surface area contributed by atoms with Crippen LogP contribution < -0.4 is 0 Å². The maximum Gasteiger partial charge on any atom is 0.336 e. The maximum atomic E-state index is 12.4. The van der Waals surface area contributed by atoms with Crippen molar-refractivity contribution in [1.82, 2.24) is 4.98 Å². The summed E-state index contributed by atoms with van der Waals surface area (Å²) in [5.74, 6) is 0.384. The van der Waals surface area contributed by atoms with Crippen molar-refractivity contribution in [3.63, 3.8) is 0 Å². The molecule has 0 aliphatic heterocycles. The summed E-state index contributed by atoms with van der Waals surface area (Å²) in [4.78, 5) is 5.43. The van der Waals surface area contributed by atoms with Crippen LogP contribution in [0.15, 0.2) is 5.51 Å². The molecule has 0 unspecified atom stereocenters. The van der Waals surface area contributed by atoms with E-state index in [1.807, 2.05) is 13.8 Å². The number of hydrogen-bond acceptors (Lipinski definition) is 5. The van der Waals surface area contributed by atoms with Gasteiger partial charge in [0.2, 0.25) is 0 Å². The number of aromatic nitrogens is 1. The second kappa shape index (κ2) is 6.64. The summed E-state index contributed by atoms with van der Waals surface area (Å²) in [6, 6.07) is 0. The summed E-state index contributed by atoms with van der Waals surface area (Å²) in [6.07, 6.45) is 0.270. The Morgan fingerprint density at radius 2 is 1.94 bits per heavy atom. The van der Waals surface area contributed by atoms with Gasteiger partial charge in [0.15, 0.2) is 0 Å². The van der Waals surface area contributed by atoms with Crippen LogP contribution in [-0.4, -0.2) is 18.2 Å². The van der Waals surface area contributed by atoms with Gasteiger partial charge in [-0.15, -0.1) is 11.3 Å². The van der Waals surface area contributed by atoms with Crippen molar-refractivity contribution >= 4 is 18.9 Å². The average molecular weight is 277 g/mol. The van der Waals surface area contributed by atoms with Crippen molar-refractivity contribution in [2.75, 3.05) is 13.2 Å². The van der Waals surface area contributed by atoms with Crippen LogP contribution in [0, 0.1) is 0 Å². The summed E-state index contributed by atoms with van der Waals surface area (Å²) >= 11 is 1.59. The van der Waals surface area contributed by atoms with E-state index < -0.39 is 7.60 Å². The summed E-state index contributed by atoms with van der Waals surface area (Å²) in [5.41, 5.74) is 2.63. The van der Waals surface area contributed by atoms with Gasteiger partial charge in [-0.3, -0.25) is 4.57 Å². The first-order valence-electron chi connectivity index (χ1n) is 5.82. The summed E-state index contributed by atoms with van der Waals surface area (Å²) in [7, 11) is -3.03. The maximum absolute atomic E-state index is 12.4. The zero-order valence-electron chi connectivity index (χ0n) is 10.8. The molecule has 0 saturated carbocycles. The lowest BCUT2D eigenvalue weighted by molar-refractivity contribution is 0.219. The molecule has 4 nitrogen and oxygen atoms in total. The van der Waals surface area contributed by atoms with E-state index in [0.717, 1.165) is 10.6 Å². The molecule has 0 saturated heterocycles. The van der Waals surface area contributed by atoms with Gasteiger partial charge in [-0.25, -0.2) is 4.98 Å². The van der Waals surface area contributed by atoms with Gasteiger partial charge in [-0.1, -0.05) is 13.8 Å². The lowest BCUT2D eigenvalue weighted by Gasteiger charge is -2.17.